The number of nitrogens with one attached hydrogen (secondary N) is 1. The molecule has 1 heterocycles. The van der Waals surface area contributed by atoms with Crippen LogP contribution in [0.2, 0.25) is 0 Å². The summed E-state index contributed by atoms with van der Waals surface area (Å²) in [5, 5.41) is 13.8. The molecule has 1 aliphatic heterocycles. The van der Waals surface area contributed by atoms with E-state index in [0.717, 1.165) is 63.7 Å². The lowest BCUT2D eigenvalue weighted by atomic mass is 10.1. The number of carbonyl (C=O) groups is 1. The van der Waals surface area contributed by atoms with Crippen molar-refractivity contribution in [2.75, 3.05) is 33.5 Å². The van der Waals surface area contributed by atoms with Crippen LogP contribution in [0, 0.1) is 0 Å². The Morgan fingerprint density at radius 1 is 1.12 bits per heavy atom. The van der Waals surface area contributed by atoms with Gasteiger partial charge in [0, 0.05) is 19.1 Å². The first kappa shape index (κ1) is 26.6. The lowest BCUT2D eigenvalue weighted by molar-refractivity contribution is -0.166. The molecule has 0 radical (unpaired) electrons. The number of aliphatic hydroxyl groups is 1. The van der Waals surface area contributed by atoms with E-state index in [-0.39, 0.29) is 24.9 Å². The molecule has 3 unspecified atom stereocenters. The van der Waals surface area contributed by atoms with Crippen molar-refractivity contribution in [1.82, 2.24) is 5.32 Å². The Morgan fingerprint density at radius 3 is 2.69 bits per heavy atom. The van der Waals surface area contributed by atoms with Crippen molar-refractivity contribution in [2.24, 2.45) is 0 Å². The molecule has 182 valence electrons. The summed E-state index contributed by atoms with van der Waals surface area (Å²) in [4.78, 5) is 11.2. The standard InChI is InChI=1S/C25H41NO6/c1-29-24(28)14-8-3-2-5-11-21(19-32-25-15-9-10-18-30-25)26-17-16-22(27)20-31-23-12-6-4-7-13-23/h4,6-7,12-13,21-22,25-27H,2-3,5,8-11,14-20H2,1H3. The summed E-state index contributed by atoms with van der Waals surface area (Å²) in [6.07, 6.45) is 8.70. The number of para-hydroxylation sites is 1. The Morgan fingerprint density at radius 2 is 1.94 bits per heavy atom. The number of unbranched alkanes of at least 4 members (excludes halogenated alkanes) is 3. The molecular weight excluding hydrogens is 410 g/mol. The first-order valence-corrected chi connectivity index (χ1v) is 12.1. The lowest BCUT2D eigenvalue weighted by Crippen LogP contribution is -2.38. The van der Waals surface area contributed by atoms with E-state index in [9.17, 15) is 9.90 Å². The van der Waals surface area contributed by atoms with Crippen LogP contribution >= 0.6 is 0 Å². The topological polar surface area (TPSA) is 86.3 Å². The summed E-state index contributed by atoms with van der Waals surface area (Å²) in [6.45, 7) is 2.35. The predicted octanol–water partition coefficient (Wildman–Crippen LogP) is 3.83. The largest absolute Gasteiger partial charge is 0.491 e. The molecule has 0 aliphatic carbocycles. The van der Waals surface area contributed by atoms with Crippen LogP contribution in [0.25, 0.3) is 0 Å². The number of esters is 1. The van der Waals surface area contributed by atoms with Crippen molar-refractivity contribution >= 4 is 5.97 Å². The maximum Gasteiger partial charge on any atom is 0.305 e. The number of carbonyl (C=O) groups excluding carboxylic acids is 1. The quantitative estimate of drug-likeness (QED) is 0.275. The molecule has 0 bridgehead atoms. The Bertz CT molecular complexity index is 593. The second-order valence-corrected chi connectivity index (χ2v) is 8.38. The molecule has 7 nitrogen and oxygen atoms in total. The van der Waals surface area contributed by atoms with Crippen LogP contribution in [-0.2, 0) is 19.0 Å². The molecule has 1 aliphatic rings. The first-order valence-electron chi connectivity index (χ1n) is 12.1. The van der Waals surface area contributed by atoms with Crippen molar-refractivity contribution in [3.8, 4) is 5.75 Å². The summed E-state index contributed by atoms with van der Waals surface area (Å²) >= 11 is 0. The average Bonchev–Trinajstić information content (AvgIpc) is 2.84. The molecular formula is C25H41NO6. The van der Waals surface area contributed by atoms with Gasteiger partial charge >= 0.3 is 5.97 Å². The molecule has 0 saturated carbocycles. The van der Waals surface area contributed by atoms with E-state index < -0.39 is 6.10 Å². The fourth-order valence-electron chi connectivity index (χ4n) is 3.67. The van der Waals surface area contributed by atoms with E-state index in [2.05, 4.69) is 10.1 Å². The highest BCUT2D eigenvalue weighted by atomic mass is 16.7. The first-order chi connectivity index (χ1) is 15.7. The third-order valence-corrected chi connectivity index (χ3v) is 5.63. The zero-order chi connectivity index (χ0) is 22.9. The Kier molecular flexibility index (Phi) is 14.0. The Labute approximate surface area is 192 Å². The minimum absolute atomic E-state index is 0.0991. The van der Waals surface area contributed by atoms with Gasteiger partial charge in [-0.1, -0.05) is 37.5 Å². The van der Waals surface area contributed by atoms with Gasteiger partial charge < -0.3 is 29.4 Å². The number of aliphatic hydroxyl groups excluding tert-OH is 1. The van der Waals surface area contributed by atoms with Crippen LogP contribution in [0.4, 0.5) is 0 Å². The van der Waals surface area contributed by atoms with Gasteiger partial charge in [-0.05, 0) is 57.2 Å². The maximum absolute atomic E-state index is 11.2. The molecule has 1 aromatic rings. The SMILES string of the molecule is COC(=O)CCCCCCC(COC1CCCCO1)NCCC(O)COc1ccccc1. The van der Waals surface area contributed by atoms with E-state index in [0.29, 0.717) is 26.0 Å². The Hall–Kier alpha value is -1.67. The van der Waals surface area contributed by atoms with Gasteiger partial charge in [-0.15, -0.1) is 0 Å². The molecule has 1 fully saturated rings. The minimum atomic E-state index is -0.524. The summed E-state index contributed by atoms with van der Waals surface area (Å²) in [6, 6.07) is 9.75. The summed E-state index contributed by atoms with van der Waals surface area (Å²) in [7, 11) is 1.43. The monoisotopic (exact) mass is 451 g/mol. The zero-order valence-electron chi connectivity index (χ0n) is 19.5. The van der Waals surface area contributed by atoms with Crippen molar-refractivity contribution in [3.05, 3.63) is 30.3 Å². The summed E-state index contributed by atoms with van der Waals surface area (Å²) < 4.78 is 22.0. The fraction of sp³-hybridized carbons (Fsp3) is 0.720. The van der Waals surface area contributed by atoms with Crippen molar-refractivity contribution in [1.29, 1.82) is 0 Å². The number of benzene rings is 1. The Balaban J connectivity index is 1.64. The molecule has 0 amide bonds. The van der Waals surface area contributed by atoms with Crippen molar-refractivity contribution in [2.45, 2.75) is 82.6 Å². The predicted molar refractivity (Wildman–Crippen MR) is 124 cm³/mol. The van der Waals surface area contributed by atoms with E-state index >= 15 is 0 Å². The van der Waals surface area contributed by atoms with Crippen LogP contribution in [-0.4, -0.2) is 63.0 Å². The molecule has 2 N–H and O–H groups in total. The zero-order valence-corrected chi connectivity index (χ0v) is 19.5. The van der Waals surface area contributed by atoms with Gasteiger partial charge in [0.1, 0.15) is 12.4 Å². The molecule has 0 spiro atoms. The minimum Gasteiger partial charge on any atom is -0.491 e. The van der Waals surface area contributed by atoms with Crippen LogP contribution in [0.1, 0.15) is 64.2 Å². The number of hydrogen-bond donors (Lipinski definition) is 2. The van der Waals surface area contributed by atoms with Crippen LogP contribution in [0.5, 0.6) is 5.75 Å². The number of rotatable bonds is 17. The molecule has 1 saturated heterocycles. The highest BCUT2D eigenvalue weighted by Gasteiger charge is 2.17. The van der Waals surface area contributed by atoms with Gasteiger partial charge in [-0.3, -0.25) is 4.79 Å². The van der Waals surface area contributed by atoms with Crippen LogP contribution in [0.15, 0.2) is 30.3 Å². The van der Waals surface area contributed by atoms with Crippen molar-refractivity contribution < 1.29 is 28.8 Å². The number of methoxy groups -OCH3 is 1. The van der Waals surface area contributed by atoms with Gasteiger partial charge in [0.25, 0.3) is 0 Å². The third kappa shape index (κ3) is 12.4. The molecule has 7 heteroatoms. The highest BCUT2D eigenvalue weighted by molar-refractivity contribution is 5.68. The average molecular weight is 452 g/mol. The van der Waals surface area contributed by atoms with Gasteiger partial charge in [0.05, 0.1) is 19.8 Å². The summed E-state index contributed by atoms with van der Waals surface area (Å²) in [5.41, 5.74) is 0. The van der Waals surface area contributed by atoms with Gasteiger partial charge in [0.2, 0.25) is 0 Å². The van der Waals surface area contributed by atoms with E-state index in [1.165, 1.54) is 7.11 Å². The molecule has 2 rings (SSSR count). The van der Waals surface area contributed by atoms with Crippen LogP contribution in [0.3, 0.4) is 0 Å². The van der Waals surface area contributed by atoms with E-state index in [4.69, 9.17) is 14.2 Å². The van der Waals surface area contributed by atoms with Crippen molar-refractivity contribution in [3.63, 3.8) is 0 Å². The lowest BCUT2D eigenvalue weighted by Gasteiger charge is -2.26. The third-order valence-electron chi connectivity index (χ3n) is 5.63. The normalized spacial score (nSPS) is 18.1. The summed E-state index contributed by atoms with van der Waals surface area (Å²) in [5.74, 6) is 0.630. The maximum atomic E-state index is 11.2. The second kappa shape index (κ2) is 16.9. The van der Waals surface area contributed by atoms with E-state index in [1.807, 2.05) is 30.3 Å². The number of hydrogen-bond acceptors (Lipinski definition) is 7. The van der Waals surface area contributed by atoms with Crippen LogP contribution < -0.4 is 10.1 Å². The van der Waals surface area contributed by atoms with Gasteiger partial charge in [-0.2, -0.15) is 0 Å². The highest BCUT2D eigenvalue weighted by Crippen LogP contribution is 2.15. The smallest absolute Gasteiger partial charge is 0.305 e. The fourth-order valence-corrected chi connectivity index (χ4v) is 3.67. The van der Waals surface area contributed by atoms with Gasteiger partial charge in [-0.25, -0.2) is 0 Å². The molecule has 0 aromatic heterocycles. The number of ether oxygens (including phenoxy) is 4. The van der Waals surface area contributed by atoms with E-state index in [1.54, 1.807) is 0 Å². The second-order valence-electron chi connectivity index (χ2n) is 8.38. The molecule has 3 atom stereocenters. The van der Waals surface area contributed by atoms with Gasteiger partial charge in [0.15, 0.2) is 6.29 Å². The molecule has 32 heavy (non-hydrogen) atoms. The molecule has 1 aromatic carbocycles.